The van der Waals surface area contributed by atoms with Crippen molar-refractivity contribution in [3.05, 3.63) is 46.8 Å². The van der Waals surface area contributed by atoms with Crippen molar-refractivity contribution >= 4 is 0 Å². The van der Waals surface area contributed by atoms with Crippen LogP contribution in [0.25, 0.3) is 0 Å². The van der Waals surface area contributed by atoms with Crippen molar-refractivity contribution < 1.29 is 4.74 Å². The highest BCUT2D eigenvalue weighted by molar-refractivity contribution is 5.32. The van der Waals surface area contributed by atoms with Crippen molar-refractivity contribution in [3.8, 4) is 5.75 Å². The number of ether oxygens (including phenoxy) is 1. The fraction of sp³-hybridized carbons (Fsp3) is 0.471. The monoisotopic (exact) mass is 272 g/mol. The topological polar surface area (TPSA) is 27.1 Å². The van der Waals surface area contributed by atoms with Gasteiger partial charge >= 0.3 is 0 Å². The molecule has 0 saturated carbocycles. The SMILES string of the molecule is Cc1nn(C)c(C)c1OCc1ccc(C(C)(C)C)cc1. The van der Waals surface area contributed by atoms with E-state index in [0.717, 1.165) is 17.1 Å². The first-order valence-corrected chi connectivity index (χ1v) is 7.01. The highest BCUT2D eigenvalue weighted by Crippen LogP contribution is 2.24. The Kier molecular flexibility index (Phi) is 3.89. The molecule has 0 unspecified atom stereocenters. The van der Waals surface area contributed by atoms with Gasteiger partial charge in [-0.2, -0.15) is 5.10 Å². The fourth-order valence-electron chi connectivity index (χ4n) is 2.22. The van der Waals surface area contributed by atoms with Crippen LogP contribution in [-0.4, -0.2) is 9.78 Å². The molecular weight excluding hydrogens is 248 g/mol. The smallest absolute Gasteiger partial charge is 0.163 e. The van der Waals surface area contributed by atoms with Gasteiger partial charge in [0.05, 0.1) is 5.69 Å². The summed E-state index contributed by atoms with van der Waals surface area (Å²) in [6.07, 6.45) is 0. The maximum absolute atomic E-state index is 5.92. The van der Waals surface area contributed by atoms with E-state index in [-0.39, 0.29) is 5.41 Å². The second-order valence-corrected chi connectivity index (χ2v) is 6.36. The number of hydrogen-bond donors (Lipinski definition) is 0. The Labute approximate surface area is 121 Å². The molecule has 20 heavy (non-hydrogen) atoms. The van der Waals surface area contributed by atoms with E-state index in [1.807, 2.05) is 25.6 Å². The minimum atomic E-state index is 0.190. The maximum Gasteiger partial charge on any atom is 0.163 e. The Morgan fingerprint density at radius 1 is 1.10 bits per heavy atom. The molecule has 0 spiro atoms. The Balaban J connectivity index is 2.08. The van der Waals surface area contributed by atoms with Crippen LogP contribution in [0.1, 0.15) is 43.3 Å². The molecule has 108 valence electrons. The third kappa shape index (κ3) is 3.03. The molecule has 2 rings (SSSR count). The van der Waals surface area contributed by atoms with Gasteiger partial charge in [0, 0.05) is 7.05 Å². The molecule has 0 aliphatic carbocycles. The Bertz CT molecular complexity index is 589. The van der Waals surface area contributed by atoms with E-state index in [4.69, 9.17) is 4.74 Å². The highest BCUT2D eigenvalue weighted by atomic mass is 16.5. The molecule has 0 bridgehead atoms. The van der Waals surface area contributed by atoms with Crippen LogP contribution in [0, 0.1) is 13.8 Å². The molecule has 3 nitrogen and oxygen atoms in total. The van der Waals surface area contributed by atoms with Crippen LogP contribution in [0.3, 0.4) is 0 Å². The van der Waals surface area contributed by atoms with Crippen molar-refractivity contribution in [1.82, 2.24) is 9.78 Å². The van der Waals surface area contributed by atoms with Crippen molar-refractivity contribution in [3.63, 3.8) is 0 Å². The van der Waals surface area contributed by atoms with Gasteiger partial charge in [0.2, 0.25) is 0 Å². The van der Waals surface area contributed by atoms with Crippen LogP contribution in [-0.2, 0) is 19.1 Å². The van der Waals surface area contributed by atoms with E-state index >= 15 is 0 Å². The first-order chi connectivity index (χ1) is 9.29. The van der Waals surface area contributed by atoms with Gasteiger partial charge in [-0.05, 0) is 30.4 Å². The van der Waals surface area contributed by atoms with Crippen LogP contribution in [0.4, 0.5) is 0 Å². The normalized spacial score (nSPS) is 11.7. The molecule has 0 aliphatic rings. The molecule has 0 atom stereocenters. The van der Waals surface area contributed by atoms with Crippen molar-refractivity contribution in [2.75, 3.05) is 0 Å². The molecule has 1 aromatic carbocycles. The van der Waals surface area contributed by atoms with Gasteiger partial charge in [0.25, 0.3) is 0 Å². The quantitative estimate of drug-likeness (QED) is 0.847. The van der Waals surface area contributed by atoms with Crippen LogP contribution in [0.2, 0.25) is 0 Å². The van der Waals surface area contributed by atoms with Gasteiger partial charge in [0.1, 0.15) is 12.3 Å². The predicted molar refractivity (Wildman–Crippen MR) is 82.2 cm³/mol. The Morgan fingerprint density at radius 3 is 2.15 bits per heavy atom. The molecule has 0 radical (unpaired) electrons. The number of hydrogen-bond acceptors (Lipinski definition) is 2. The van der Waals surface area contributed by atoms with Crippen LogP contribution in [0.5, 0.6) is 5.75 Å². The summed E-state index contributed by atoms with van der Waals surface area (Å²) in [6.45, 7) is 11.3. The zero-order valence-electron chi connectivity index (χ0n) is 13.3. The van der Waals surface area contributed by atoms with E-state index in [2.05, 4.69) is 50.1 Å². The summed E-state index contributed by atoms with van der Waals surface area (Å²) in [7, 11) is 1.94. The van der Waals surface area contributed by atoms with Gasteiger partial charge in [-0.1, -0.05) is 45.0 Å². The maximum atomic E-state index is 5.92. The van der Waals surface area contributed by atoms with Crippen molar-refractivity contribution in [2.45, 2.75) is 46.6 Å². The van der Waals surface area contributed by atoms with E-state index in [0.29, 0.717) is 6.61 Å². The molecule has 1 heterocycles. The first kappa shape index (κ1) is 14.6. The second-order valence-electron chi connectivity index (χ2n) is 6.36. The summed E-state index contributed by atoms with van der Waals surface area (Å²) in [5.74, 6) is 0.896. The number of aromatic nitrogens is 2. The van der Waals surface area contributed by atoms with E-state index in [9.17, 15) is 0 Å². The minimum absolute atomic E-state index is 0.190. The molecule has 0 amide bonds. The summed E-state index contributed by atoms with van der Waals surface area (Å²) in [5, 5.41) is 4.36. The van der Waals surface area contributed by atoms with Gasteiger partial charge in [-0.15, -0.1) is 0 Å². The van der Waals surface area contributed by atoms with Crippen molar-refractivity contribution in [2.24, 2.45) is 7.05 Å². The number of benzene rings is 1. The molecule has 1 aromatic heterocycles. The van der Waals surface area contributed by atoms with Gasteiger partial charge in [0.15, 0.2) is 5.75 Å². The third-order valence-corrected chi connectivity index (χ3v) is 3.65. The highest BCUT2D eigenvalue weighted by Gasteiger charge is 2.13. The number of aryl methyl sites for hydroxylation is 2. The average molecular weight is 272 g/mol. The summed E-state index contributed by atoms with van der Waals surface area (Å²) in [6, 6.07) is 8.65. The summed E-state index contributed by atoms with van der Waals surface area (Å²) in [5.41, 5.74) is 4.72. The lowest BCUT2D eigenvalue weighted by Crippen LogP contribution is -2.10. The molecule has 0 N–H and O–H groups in total. The first-order valence-electron chi connectivity index (χ1n) is 7.01. The lowest BCUT2D eigenvalue weighted by atomic mass is 9.87. The van der Waals surface area contributed by atoms with Crippen molar-refractivity contribution in [1.29, 1.82) is 0 Å². The minimum Gasteiger partial charge on any atom is -0.485 e. The molecular formula is C17H24N2O. The number of rotatable bonds is 3. The van der Waals surface area contributed by atoms with E-state index in [1.54, 1.807) is 0 Å². The van der Waals surface area contributed by atoms with E-state index in [1.165, 1.54) is 11.1 Å². The average Bonchev–Trinajstić information content (AvgIpc) is 2.61. The Morgan fingerprint density at radius 2 is 1.70 bits per heavy atom. The largest absolute Gasteiger partial charge is 0.485 e. The fourth-order valence-corrected chi connectivity index (χ4v) is 2.22. The predicted octanol–water partition coefficient (Wildman–Crippen LogP) is 3.91. The lowest BCUT2D eigenvalue weighted by molar-refractivity contribution is 0.301. The summed E-state index contributed by atoms with van der Waals surface area (Å²) in [4.78, 5) is 0. The molecule has 2 aromatic rings. The number of nitrogens with zero attached hydrogens (tertiary/aromatic N) is 2. The van der Waals surface area contributed by atoms with E-state index < -0.39 is 0 Å². The van der Waals surface area contributed by atoms with Gasteiger partial charge in [-0.3, -0.25) is 4.68 Å². The zero-order chi connectivity index (χ0) is 14.9. The summed E-state index contributed by atoms with van der Waals surface area (Å²) < 4.78 is 7.77. The second kappa shape index (κ2) is 5.31. The zero-order valence-corrected chi connectivity index (χ0v) is 13.3. The summed E-state index contributed by atoms with van der Waals surface area (Å²) >= 11 is 0. The van der Waals surface area contributed by atoms with Crippen LogP contribution < -0.4 is 4.74 Å². The van der Waals surface area contributed by atoms with Crippen LogP contribution >= 0.6 is 0 Å². The molecule has 3 heteroatoms. The van der Waals surface area contributed by atoms with Gasteiger partial charge < -0.3 is 4.74 Å². The molecule has 0 fully saturated rings. The van der Waals surface area contributed by atoms with Gasteiger partial charge in [-0.25, -0.2) is 0 Å². The van der Waals surface area contributed by atoms with Crippen LogP contribution in [0.15, 0.2) is 24.3 Å². The standard InChI is InChI=1S/C17H24N2O/c1-12-16(13(2)19(6)18-12)20-11-14-7-9-15(10-8-14)17(3,4)5/h7-10H,11H2,1-6H3. The Hall–Kier alpha value is -1.77. The molecule has 0 aliphatic heterocycles. The lowest BCUT2D eigenvalue weighted by Gasteiger charge is -2.19. The molecule has 0 saturated heterocycles. The third-order valence-electron chi connectivity index (χ3n) is 3.65.